The molecule has 0 radical (unpaired) electrons. The van der Waals surface area contributed by atoms with Crippen molar-refractivity contribution in [2.75, 3.05) is 0 Å². The Balaban J connectivity index is 3.19. The highest BCUT2D eigenvalue weighted by atomic mass is 16.2. The van der Waals surface area contributed by atoms with Crippen molar-refractivity contribution in [3.8, 4) is 0 Å². The first-order valence-corrected chi connectivity index (χ1v) is 9.61. The van der Waals surface area contributed by atoms with Gasteiger partial charge in [-0.05, 0) is 32.1 Å². The highest BCUT2D eigenvalue weighted by Gasteiger charge is 2.04. The monoisotopic (exact) mass is 323 g/mol. The summed E-state index contributed by atoms with van der Waals surface area (Å²) in [5, 5.41) is 0. The van der Waals surface area contributed by atoms with Gasteiger partial charge in [0, 0.05) is 6.42 Å². The summed E-state index contributed by atoms with van der Waals surface area (Å²) in [5.41, 5.74) is 4.98. The fraction of sp³-hybridized carbons (Fsp3) is 0.800. The number of allylic oxidation sites excluding steroid dienone is 2. The smallest absolute Gasteiger partial charge is 0.224 e. The Bertz CT molecular complexity index is 324. The van der Waals surface area contributed by atoms with Gasteiger partial charge in [0.25, 0.3) is 0 Å². The Hall–Kier alpha value is -1.12. The predicted molar refractivity (Wildman–Crippen MR) is 98.3 cm³/mol. The zero-order valence-electron chi connectivity index (χ0n) is 15.2. The van der Waals surface area contributed by atoms with Crippen LogP contribution in [0.25, 0.3) is 0 Å². The SMILES string of the molecule is CCCCCCCC/C=C\CCCCCCCC(=O)CC(N)=O. The van der Waals surface area contributed by atoms with Gasteiger partial charge in [0.1, 0.15) is 5.78 Å². The number of hydrogen-bond acceptors (Lipinski definition) is 2. The Morgan fingerprint density at radius 2 is 1.22 bits per heavy atom. The number of primary amides is 1. The van der Waals surface area contributed by atoms with E-state index in [1.807, 2.05) is 0 Å². The second-order valence-electron chi connectivity index (χ2n) is 6.52. The lowest BCUT2D eigenvalue weighted by Crippen LogP contribution is -2.15. The largest absolute Gasteiger partial charge is 0.369 e. The predicted octanol–water partition coefficient (Wildman–Crippen LogP) is 5.47. The van der Waals surface area contributed by atoms with E-state index in [1.165, 1.54) is 70.6 Å². The van der Waals surface area contributed by atoms with Crippen LogP contribution in [0.4, 0.5) is 0 Å². The molecule has 0 aliphatic heterocycles. The van der Waals surface area contributed by atoms with E-state index in [9.17, 15) is 9.59 Å². The molecule has 0 aromatic heterocycles. The summed E-state index contributed by atoms with van der Waals surface area (Å²) in [7, 11) is 0. The van der Waals surface area contributed by atoms with Gasteiger partial charge in [-0.25, -0.2) is 0 Å². The molecule has 0 fully saturated rings. The van der Waals surface area contributed by atoms with Crippen molar-refractivity contribution in [2.45, 2.75) is 103 Å². The topological polar surface area (TPSA) is 60.2 Å². The first-order chi connectivity index (χ1) is 11.2. The van der Waals surface area contributed by atoms with Gasteiger partial charge < -0.3 is 5.73 Å². The number of nitrogens with two attached hydrogens (primary N) is 1. The van der Waals surface area contributed by atoms with Gasteiger partial charge in [0.05, 0.1) is 6.42 Å². The average molecular weight is 324 g/mol. The molecule has 0 spiro atoms. The molecule has 0 aliphatic carbocycles. The fourth-order valence-corrected chi connectivity index (χ4v) is 2.68. The third-order valence-corrected chi connectivity index (χ3v) is 4.09. The summed E-state index contributed by atoms with van der Waals surface area (Å²) in [4.78, 5) is 21.8. The van der Waals surface area contributed by atoms with Crippen LogP contribution < -0.4 is 5.73 Å². The average Bonchev–Trinajstić information content (AvgIpc) is 2.50. The number of hydrogen-bond donors (Lipinski definition) is 1. The quantitative estimate of drug-likeness (QED) is 0.219. The minimum Gasteiger partial charge on any atom is -0.369 e. The normalized spacial score (nSPS) is 11.2. The van der Waals surface area contributed by atoms with Crippen molar-refractivity contribution in [2.24, 2.45) is 5.73 Å². The van der Waals surface area contributed by atoms with Crippen LogP contribution in [-0.2, 0) is 9.59 Å². The lowest BCUT2D eigenvalue weighted by atomic mass is 10.1. The van der Waals surface area contributed by atoms with Gasteiger partial charge in [-0.15, -0.1) is 0 Å². The number of unbranched alkanes of at least 4 members (excludes halogenated alkanes) is 11. The van der Waals surface area contributed by atoms with Crippen molar-refractivity contribution >= 4 is 11.7 Å². The summed E-state index contributed by atoms with van der Waals surface area (Å²) in [5.74, 6) is -0.530. The number of Topliss-reactive ketones (excluding diaryl/α,β-unsaturated/α-hetero) is 1. The van der Waals surface area contributed by atoms with E-state index in [0.29, 0.717) is 6.42 Å². The summed E-state index contributed by atoms with van der Waals surface area (Å²) >= 11 is 0. The molecular formula is C20H37NO2. The lowest BCUT2D eigenvalue weighted by Gasteiger charge is -2.00. The van der Waals surface area contributed by atoms with Crippen LogP contribution in [-0.4, -0.2) is 11.7 Å². The van der Waals surface area contributed by atoms with E-state index in [4.69, 9.17) is 5.73 Å². The molecule has 0 unspecified atom stereocenters. The Morgan fingerprint density at radius 3 is 1.74 bits per heavy atom. The van der Waals surface area contributed by atoms with Crippen LogP contribution in [0.15, 0.2) is 12.2 Å². The molecule has 0 rings (SSSR count). The Kier molecular flexibility index (Phi) is 16.4. The Labute approximate surface area is 143 Å². The molecule has 0 saturated carbocycles. The maximum absolute atomic E-state index is 11.3. The zero-order valence-corrected chi connectivity index (χ0v) is 15.2. The van der Waals surface area contributed by atoms with Gasteiger partial charge >= 0.3 is 0 Å². The van der Waals surface area contributed by atoms with E-state index < -0.39 is 5.91 Å². The van der Waals surface area contributed by atoms with Gasteiger partial charge in [0.2, 0.25) is 5.91 Å². The maximum Gasteiger partial charge on any atom is 0.224 e. The molecule has 3 heteroatoms. The van der Waals surface area contributed by atoms with E-state index in [-0.39, 0.29) is 12.2 Å². The molecule has 0 heterocycles. The number of carbonyl (C=O) groups is 2. The highest BCUT2D eigenvalue weighted by molar-refractivity contribution is 5.97. The number of rotatable bonds is 17. The molecule has 0 saturated heterocycles. The van der Waals surface area contributed by atoms with Crippen LogP contribution in [0.3, 0.4) is 0 Å². The van der Waals surface area contributed by atoms with Crippen molar-refractivity contribution < 1.29 is 9.59 Å². The van der Waals surface area contributed by atoms with Crippen LogP contribution in [0.5, 0.6) is 0 Å². The van der Waals surface area contributed by atoms with Gasteiger partial charge in [-0.1, -0.05) is 70.4 Å². The van der Waals surface area contributed by atoms with Crippen molar-refractivity contribution in [1.82, 2.24) is 0 Å². The van der Waals surface area contributed by atoms with Crippen LogP contribution in [0, 0.1) is 0 Å². The highest BCUT2D eigenvalue weighted by Crippen LogP contribution is 2.10. The summed E-state index contributed by atoms with van der Waals surface area (Å²) < 4.78 is 0. The van der Waals surface area contributed by atoms with Crippen molar-refractivity contribution in [3.63, 3.8) is 0 Å². The van der Waals surface area contributed by atoms with Crippen molar-refractivity contribution in [3.05, 3.63) is 12.2 Å². The molecule has 0 aliphatic rings. The van der Waals surface area contributed by atoms with Gasteiger partial charge in [0.15, 0.2) is 0 Å². The van der Waals surface area contributed by atoms with E-state index in [1.54, 1.807) is 0 Å². The van der Waals surface area contributed by atoms with Gasteiger partial charge in [-0.2, -0.15) is 0 Å². The molecule has 2 N–H and O–H groups in total. The third kappa shape index (κ3) is 18.8. The van der Waals surface area contributed by atoms with Crippen LogP contribution in [0.1, 0.15) is 103 Å². The Morgan fingerprint density at radius 1 is 0.739 bits per heavy atom. The zero-order chi connectivity index (χ0) is 17.2. The van der Waals surface area contributed by atoms with E-state index in [2.05, 4.69) is 19.1 Å². The molecule has 3 nitrogen and oxygen atoms in total. The standard InChI is InChI=1S/C20H37NO2/c1-2-3-4-5-6-7-8-9-10-11-12-13-14-15-16-17-19(22)18-20(21)23/h9-10H,2-8,11-18H2,1H3,(H2,21,23)/b10-9-. The third-order valence-electron chi connectivity index (χ3n) is 4.09. The van der Waals surface area contributed by atoms with E-state index >= 15 is 0 Å². The van der Waals surface area contributed by atoms with E-state index in [0.717, 1.165) is 12.8 Å². The molecular weight excluding hydrogens is 286 g/mol. The fourth-order valence-electron chi connectivity index (χ4n) is 2.68. The second kappa shape index (κ2) is 17.2. The molecule has 0 atom stereocenters. The molecule has 0 bridgehead atoms. The number of amides is 1. The van der Waals surface area contributed by atoms with Crippen molar-refractivity contribution in [1.29, 1.82) is 0 Å². The molecule has 23 heavy (non-hydrogen) atoms. The van der Waals surface area contributed by atoms with Crippen LogP contribution >= 0.6 is 0 Å². The lowest BCUT2D eigenvalue weighted by molar-refractivity contribution is -0.126. The number of ketones is 1. The first kappa shape index (κ1) is 21.9. The van der Waals surface area contributed by atoms with Gasteiger partial charge in [-0.3, -0.25) is 9.59 Å². The summed E-state index contributed by atoms with van der Waals surface area (Å²) in [6, 6.07) is 0. The van der Waals surface area contributed by atoms with Crippen LogP contribution in [0.2, 0.25) is 0 Å². The maximum atomic E-state index is 11.3. The molecule has 134 valence electrons. The second-order valence-corrected chi connectivity index (χ2v) is 6.52. The molecule has 0 aromatic carbocycles. The summed E-state index contributed by atoms with van der Waals surface area (Å²) in [6.45, 7) is 2.26. The first-order valence-electron chi connectivity index (χ1n) is 9.61. The number of carbonyl (C=O) groups excluding carboxylic acids is 2. The molecule has 0 aromatic rings. The minimum atomic E-state index is -0.511. The molecule has 1 amide bonds. The minimum absolute atomic E-state index is 0.0184. The summed E-state index contributed by atoms with van der Waals surface area (Å²) in [6.07, 6.45) is 21.3.